The van der Waals surface area contributed by atoms with Crippen LogP contribution in [0, 0.1) is 20.8 Å². The molecule has 2 heterocycles. The van der Waals surface area contributed by atoms with Crippen molar-refractivity contribution in [3.8, 4) is 0 Å². The second kappa shape index (κ2) is 6.66. The summed E-state index contributed by atoms with van der Waals surface area (Å²) < 4.78 is 1.93. The zero-order valence-corrected chi connectivity index (χ0v) is 14.1. The summed E-state index contributed by atoms with van der Waals surface area (Å²) in [5, 5.41) is 7.53. The molecule has 122 valence electrons. The third-order valence-electron chi connectivity index (χ3n) is 4.13. The predicted octanol–water partition coefficient (Wildman–Crippen LogP) is 3.50. The number of pyridine rings is 1. The van der Waals surface area contributed by atoms with E-state index < -0.39 is 0 Å². The van der Waals surface area contributed by atoms with Crippen LogP contribution in [0.1, 0.15) is 32.9 Å². The van der Waals surface area contributed by atoms with Gasteiger partial charge in [0.15, 0.2) is 0 Å². The molecule has 3 rings (SSSR count). The van der Waals surface area contributed by atoms with Gasteiger partial charge in [-0.3, -0.25) is 14.5 Å². The van der Waals surface area contributed by atoms with Crippen molar-refractivity contribution in [3.05, 3.63) is 76.9 Å². The van der Waals surface area contributed by atoms with E-state index in [4.69, 9.17) is 0 Å². The van der Waals surface area contributed by atoms with Crippen molar-refractivity contribution >= 4 is 11.6 Å². The number of aryl methyl sites for hydroxylation is 2. The summed E-state index contributed by atoms with van der Waals surface area (Å²) in [7, 11) is 0. The molecule has 0 radical (unpaired) electrons. The van der Waals surface area contributed by atoms with Gasteiger partial charge < -0.3 is 5.32 Å². The molecule has 24 heavy (non-hydrogen) atoms. The van der Waals surface area contributed by atoms with Crippen LogP contribution in [0.25, 0.3) is 0 Å². The van der Waals surface area contributed by atoms with E-state index in [1.807, 2.05) is 30.7 Å². The molecule has 1 amide bonds. The number of carbonyl (C=O) groups excluding carboxylic acids is 1. The second-order valence-electron chi connectivity index (χ2n) is 5.83. The van der Waals surface area contributed by atoms with E-state index in [0.717, 1.165) is 17.1 Å². The quantitative estimate of drug-likeness (QED) is 0.800. The molecule has 2 aromatic heterocycles. The first-order valence-electron chi connectivity index (χ1n) is 7.86. The van der Waals surface area contributed by atoms with Crippen LogP contribution >= 0.6 is 0 Å². The van der Waals surface area contributed by atoms with Crippen molar-refractivity contribution in [2.45, 2.75) is 27.3 Å². The molecule has 1 N–H and O–H groups in total. The van der Waals surface area contributed by atoms with Crippen molar-refractivity contribution in [1.82, 2.24) is 14.8 Å². The Morgan fingerprint density at radius 2 is 1.92 bits per heavy atom. The Balaban J connectivity index is 1.85. The molecule has 0 saturated carbocycles. The summed E-state index contributed by atoms with van der Waals surface area (Å²) in [4.78, 5) is 16.3. The van der Waals surface area contributed by atoms with Gasteiger partial charge in [-0.05, 0) is 44.0 Å². The summed E-state index contributed by atoms with van der Waals surface area (Å²) in [6, 6.07) is 11.7. The van der Waals surface area contributed by atoms with E-state index in [1.165, 1.54) is 11.1 Å². The number of benzene rings is 1. The molecule has 0 aliphatic rings. The van der Waals surface area contributed by atoms with Crippen LogP contribution in [0.4, 0.5) is 5.69 Å². The maximum absolute atomic E-state index is 12.4. The molecule has 0 fully saturated rings. The van der Waals surface area contributed by atoms with Crippen LogP contribution in [0.15, 0.2) is 48.8 Å². The summed E-state index contributed by atoms with van der Waals surface area (Å²) >= 11 is 0. The minimum Gasteiger partial charge on any atom is -0.319 e. The Kier molecular flexibility index (Phi) is 4.42. The average Bonchev–Trinajstić information content (AvgIpc) is 2.85. The van der Waals surface area contributed by atoms with Gasteiger partial charge in [-0.1, -0.05) is 24.3 Å². The minimum atomic E-state index is -0.176. The van der Waals surface area contributed by atoms with Gasteiger partial charge in [-0.15, -0.1) is 0 Å². The van der Waals surface area contributed by atoms with Gasteiger partial charge in [0.25, 0.3) is 5.91 Å². The lowest BCUT2D eigenvalue weighted by Gasteiger charge is -2.09. The average molecular weight is 320 g/mol. The summed E-state index contributed by atoms with van der Waals surface area (Å²) in [5.41, 5.74) is 5.48. The number of hydrogen-bond donors (Lipinski definition) is 1. The highest BCUT2D eigenvalue weighted by molar-refractivity contribution is 6.04. The SMILES string of the molecule is Cc1ccccc1Cn1nc(C)c(NC(=O)c2cccnc2)c1C. The van der Waals surface area contributed by atoms with Crippen LogP contribution in [-0.2, 0) is 6.54 Å². The first-order chi connectivity index (χ1) is 11.6. The number of rotatable bonds is 4. The molecule has 1 aromatic carbocycles. The second-order valence-corrected chi connectivity index (χ2v) is 5.83. The summed E-state index contributed by atoms with van der Waals surface area (Å²) in [6.45, 7) is 6.64. The normalized spacial score (nSPS) is 10.6. The summed E-state index contributed by atoms with van der Waals surface area (Å²) in [6.07, 6.45) is 3.20. The number of hydrogen-bond acceptors (Lipinski definition) is 3. The lowest BCUT2D eigenvalue weighted by atomic mass is 10.1. The largest absolute Gasteiger partial charge is 0.319 e. The maximum atomic E-state index is 12.4. The molecule has 0 atom stereocenters. The van der Waals surface area contributed by atoms with Gasteiger partial charge in [0.2, 0.25) is 0 Å². The van der Waals surface area contributed by atoms with Gasteiger partial charge in [0.1, 0.15) is 0 Å². The van der Waals surface area contributed by atoms with Gasteiger partial charge in [-0.25, -0.2) is 0 Å². The standard InChI is InChI=1S/C19H20N4O/c1-13-7-4-5-8-17(13)12-23-15(3)18(14(2)22-23)21-19(24)16-9-6-10-20-11-16/h4-11H,12H2,1-3H3,(H,21,24). The number of amides is 1. The van der Waals surface area contributed by atoms with E-state index in [0.29, 0.717) is 12.1 Å². The van der Waals surface area contributed by atoms with Crippen molar-refractivity contribution in [2.75, 3.05) is 5.32 Å². The topological polar surface area (TPSA) is 59.8 Å². The third-order valence-corrected chi connectivity index (χ3v) is 4.13. The van der Waals surface area contributed by atoms with E-state index in [9.17, 15) is 4.79 Å². The van der Waals surface area contributed by atoms with Crippen molar-refractivity contribution in [2.24, 2.45) is 0 Å². The van der Waals surface area contributed by atoms with E-state index in [-0.39, 0.29) is 5.91 Å². The predicted molar refractivity (Wildman–Crippen MR) is 94.2 cm³/mol. The molecule has 0 unspecified atom stereocenters. The van der Waals surface area contributed by atoms with Crippen LogP contribution < -0.4 is 5.32 Å². The minimum absolute atomic E-state index is 0.176. The molecular weight excluding hydrogens is 300 g/mol. The van der Waals surface area contributed by atoms with Crippen LogP contribution in [-0.4, -0.2) is 20.7 Å². The first-order valence-corrected chi connectivity index (χ1v) is 7.86. The van der Waals surface area contributed by atoms with E-state index in [1.54, 1.807) is 24.5 Å². The molecule has 0 spiro atoms. The smallest absolute Gasteiger partial charge is 0.257 e. The van der Waals surface area contributed by atoms with E-state index >= 15 is 0 Å². The lowest BCUT2D eigenvalue weighted by Crippen LogP contribution is -2.13. The molecule has 0 aliphatic heterocycles. The first kappa shape index (κ1) is 15.9. The molecule has 0 saturated heterocycles. The Labute approximate surface area is 141 Å². The van der Waals surface area contributed by atoms with Gasteiger partial charge >= 0.3 is 0 Å². The fourth-order valence-corrected chi connectivity index (χ4v) is 2.66. The Morgan fingerprint density at radius 3 is 2.62 bits per heavy atom. The number of aromatic nitrogens is 3. The van der Waals surface area contributed by atoms with Gasteiger partial charge in [0, 0.05) is 12.4 Å². The third kappa shape index (κ3) is 3.20. The molecule has 0 aliphatic carbocycles. The zero-order chi connectivity index (χ0) is 17.1. The van der Waals surface area contributed by atoms with Crippen molar-refractivity contribution in [1.29, 1.82) is 0 Å². The van der Waals surface area contributed by atoms with Crippen LogP contribution in [0.2, 0.25) is 0 Å². The molecule has 3 aromatic rings. The number of nitrogens with zero attached hydrogens (tertiary/aromatic N) is 3. The Bertz CT molecular complexity index is 868. The fraction of sp³-hybridized carbons (Fsp3) is 0.211. The summed E-state index contributed by atoms with van der Waals surface area (Å²) in [5.74, 6) is -0.176. The molecule has 5 nitrogen and oxygen atoms in total. The fourth-order valence-electron chi connectivity index (χ4n) is 2.66. The number of nitrogens with one attached hydrogen (secondary N) is 1. The lowest BCUT2D eigenvalue weighted by molar-refractivity contribution is 0.102. The Hall–Kier alpha value is -2.95. The number of anilines is 1. The van der Waals surface area contributed by atoms with E-state index in [2.05, 4.69) is 34.5 Å². The van der Waals surface area contributed by atoms with Gasteiger partial charge in [0.05, 0.1) is 29.2 Å². The molecular formula is C19H20N4O. The maximum Gasteiger partial charge on any atom is 0.257 e. The highest BCUT2D eigenvalue weighted by atomic mass is 16.1. The van der Waals surface area contributed by atoms with Gasteiger partial charge in [-0.2, -0.15) is 5.10 Å². The van der Waals surface area contributed by atoms with Crippen LogP contribution in [0.5, 0.6) is 0 Å². The zero-order valence-electron chi connectivity index (χ0n) is 14.1. The highest BCUT2D eigenvalue weighted by Gasteiger charge is 2.15. The van der Waals surface area contributed by atoms with Crippen molar-refractivity contribution < 1.29 is 4.79 Å². The monoisotopic (exact) mass is 320 g/mol. The molecule has 0 bridgehead atoms. The van der Waals surface area contributed by atoms with Crippen LogP contribution in [0.3, 0.4) is 0 Å². The molecule has 5 heteroatoms. The number of carbonyl (C=O) groups is 1. The highest BCUT2D eigenvalue weighted by Crippen LogP contribution is 2.22. The Morgan fingerprint density at radius 1 is 1.12 bits per heavy atom. The van der Waals surface area contributed by atoms with Crippen molar-refractivity contribution in [3.63, 3.8) is 0 Å².